The number of benzene rings is 1. The Morgan fingerprint density at radius 1 is 1.16 bits per heavy atom. The average molecular weight is 262 g/mol. The second kappa shape index (κ2) is 5.90. The molecule has 0 bridgehead atoms. The van der Waals surface area contributed by atoms with Gasteiger partial charge in [-0.15, -0.1) is 0 Å². The zero-order valence-corrected chi connectivity index (χ0v) is 11.3. The van der Waals surface area contributed by atoms with Crippen LogP contribution < -0.4 is 5.73 Å². The van der Waals surface area contributed by atoms with Crippen LogP contribution in [0.3, 0.4) is 0 Å². The molecule has 2 heterocycles. The summed E-state index contributed by atoms with van der Waals surface area (Å²) in [7, 11) is 0. The van der Waals surface area contributed by atoms with Crippen LogP contribution in [0.1, 0.15) is 18.4 Å². The molecule has 3 rings (SSSR count). The molecule has 4 nitrogen and oxygen atoms in total. The molecule has 0 radical (unpaired) electrons. The zero-order chi connectivity index (χ0) is 13.1. The van der Waals surface area contributed by atoms with Crippen LogP contribution in [0, 0.1) is 0 Å². The first-order valence-corrected chi connectivity index (χ1v) is 7.09. The molecule has 1 aromatic carbocycles. The molecule has 0 spiro atoms. The monoisotopic (exact) mass is 262 g/mol. The van der Waals surface area contributed by atoms with Crippen molar-refractivity contribution >= 4 is 5.69 Å². The maximum atomic E-state index is 5.99. The Kier molecular flexibility index (Phi) is 4.01. The third-order valence-electron chi connectivity index (χ3n) is 4.08. The van der Waals surface area contributed by atoms with Gasteiger partial charge >= 0.3 is 0 Å². The van der Waals surface area contributed by atoms with E-state index in [1.54, 1.807) is 0 Å². The fourth-order valence-corrected chi connectivity index (χ4v) is 2.67. The van der Waals surface area contributed by atoms with Crippen molar-refractivity contribution in [2.75, 3.05) is 32.0 Å². The van der Waals surface area contributed by atoms with Crippen LogP contribution in [-0.2, 0) is 16.1 Å². The molecule has 2 saturated heterocycles. The fourth-order valence-electron chi connectivity index (χ4n) is 2.67. The van der Waals surface area contributed by atoms with Gasteiger partial charge in [0.1, 0.15) is 0 Å². The lowest BCUT2D eigenvalue weighted by molar-refractivity contribution is -0.0883. The highest BCUT2D eigenvalue weighted by Gasteiger charge is 2.29. The van der Waals surface area contributed by atoms with Gasteiger partial charge in [-0.05, 0) is 30.5 Å². The van der Waals surface area contributed by atoms with E-state index in [4.69, 9.17) is 15.2 Å². The molecule has 2 N–H and O–H groups in total. The third-order valence-corrected chi connectivity index (χ3v) is 4.08. The van der Waals surface area contributed by atoms with Crippen LogP contribution in [-0.4, -0.2) is 43.3 Å². The minimum Gasteiger partial charge on any atom is -0.399 e. The fraction of sp³-hybridized carbons (Fsp3) is 0.600. The van der Waals surface area contributed by atoms with E-state index in [1.807, 2.05) is 24.3 Å². The van der Waals surface area contributed by atoms with Crippen molar-refractivity contribution in [2.45, 2.75) is 31.6 Å². The second-order valence-corrected chi connectivity index (χ2v) is 5.48. The first-order valence-electron chi connectivity index (χ1n) is 7.09. The van der Waals surface area contributed by atoms with Gasteiger partial charge in [-0.25, -0.2) is 0 Å². The van der Waals surface area contributed by atoms with E-state index in [-0.39, 0.29) is 0 Å². The van der Waals surface area contributed by atoms with Crippen LogP contribution in [0.15, 0.2) is 24.3 Å². The molecular formula is C15H22N2O2. The first kappa shape index (κ1) is 12.9. The highest BCUT2D eigenvalue weighted by atomic mass is 16.5. The van der Waals surface area contributed by atoms with E-state index in [0.717, 1.165) is 44.8 Å². The number of anilines is 1. The lowest BCUT2D eigenvalue weighted by Gasteiger charge is -2.41. The molecule has 0 unspecified atom stereocenters. The Morgan fingerprint density at radius 3 is 2.42 bits per heavy atom. The summed E-state index contributed by atoms with van der Waals surface area (Å²) >= 11 is 0. The van der Waals surface area contributed by atoms with Crippen molar-refractivity contribution in [2.24, 2.45) is 0 Å². The van der Waals surface area contributed by atoms with Gasteiger partial charge in [0.25, 0.3) is 0 Å². The topological polar surface area (TPSA) is 47.7 Å². The molecule has 4 heteroatoms. The number of nitrogens with zero attached hydrogens (tertiary/aromatic N) is 1. The van der Waals surface area contributed by atoms with E-state index < -0.39 is 0 Å². The Labute approximate surface area is 114 Å². The van der Waals surface area contributed by atoms with Gasteiger partial charge < -0.3 is 15.2 Å². The van der Waals surface area contributed by atoms with Gasteiger partial charge in [0.2, 0.25) is 0 Å². The van der Waals surface area contributed by atoms with Gasteiger partial charge in [0.05, 0.1) is 32.0 Å². The number of nitrogens with two attached hydrogens (primary N) is 1. The summed E-state index contributed by atoms with van der Waals surface area (Å²) in [6.07, 6.45) is 2.66. The van der Waals surface area contributed by atoms with Crippen LogP contribution >= 0.6 is 0 Å². The smallest absolute Gasteiger partial charge is 0.0720 e. The van der Waals surface area contributed by atoms with Gasteiger partial charge in [0, 0.05) is 18.8 Å². The Bertz CT molecular complexity index is 395. The number of rotatable bonds is 4. The highest BCUT2D eigenvalue weighted by Crippen LogP contribution is 2.20. The first-order chi connectivity index (χ1) is 9.31. The number of hydrogen-bond acceptors (Lipinski definition) is 4. The van der Waals surface area contributed by atoms with E-state index in [9.17, 15) is 0 Å². The van der Waals surface area contributed by atoms with Gasteiger partial charge in [-0.2, -0.15) is 0 Å². The Balaban J connectivity index is 1.41. The molecule has 0 saturated carbocycles. The molecule has 0 atom stereocenters. The predicted molar refractivity (Wildman–Crippen MR) is 74.8 cm³/mol. The number of piperidine rings is 1. The van der Waals surface area contributed by atoms with Crippen molar-refractivity contribution in [1.82, 2.24) is 4.90 Å². The van der Waals surface area contributed by atoms with Crippen molar-refractivity contribution in [3.05, 3.63) is 29.8 Å². The van der Waals surface area contributed by atoms with Gasteiger partial charge in [-0.3, -0.25) is 4.90 Å². The van der Waals surface area contributed by atoms with Crippen molar-refractivity contribution in [3.63, 3.8) is 0 Å². The number of nitrogen functional groups attached to an aromatic ring is 1. The third kappa shape index (κ3) is 3.26. The number of ether oxygens (including phenoxy) is 2. The Morgan fingerprint density at radius 2 is 1.84 bits per heavy atom. The molecule has 0 amide bonds. The number of hydrogen-bond donors (Lipinski definition) is 1. The minimum atomic E-state index is 0.398. The summed E-state index contributed by atoms with van der Waals surface area (Å²) in [6, 6.07) is 8.60. The molecular weight excluding hydrogens is 240 g/mol. The van der Waals surface area contributed by atoms with Crippen LogP contribution in [0.2, 0.25) is 0 Å². The van der Waals surface area contributed by atoms with E-state index in [2.05, 4.69) is 4.90 Å². The predicted octanol–water partition coefficient (Wildman–Crippen LogP) is 1.65. The number of likely N-dealkylation sites (tertiary alicyclic amines) is 1. The normalized spacial score (nSPS) is 22.3. The van der Waals surface area contributed by atoms with Gasteiger partial charge in [0.15, 0.2) is 0 Å². The molecule has 104 valence electrons. The van der Waals surface area contributed by atoms with E-state index in [0.29, 0.717) is 18.8 Å². The maximum Gasteiger partial charge on any atom is 0.0720 e. The van der Waals surface area contributed by atoms with Crippen LogP contribution in [0.5, 0.6) is 0 Å². The zero-order valence-electron chi connectivity index (χ0n) is 11.3. The summed E-state index contributed by atoms with van der Waals surface area (Å²) in [5.41, 5.74) is 7.67. The highest BCUT2D eigenvalue weighted by molar-refractivity contribution is 5.39. The largest absolute Gasteiger partial charge is 0.399 e. The van der Waals surface area contributed by atoms with Crippen molar-refractivity contribution < 1.29 is 9.47 Å². The molecule has 2 aliphatic rings. The summed E-state index contributed by atoms with van der Waals surface area (Å²) in [4.78, 5) is 2.53. The van der Waals surface area contributed by atoms with Crippen LogP contribution in [0.4, 0.5) is 5.69 Å². The quantitative estimate of drug-likeness (QED) is 0.838. The lowest BCUT2D eigenvalue weighted by atomic mass is 10.0. The molecule has 0 aliphatic carbocycles. The van der Waals surface area contributed by atoms with E-state index in [1.165, 1.54) is 5.56 Å². The summed E-state index contributed by atoms with van der Waals surface area (Å²) in [5.74, 6) is 0. The molecule has 0 aromatic heterocycles. The summed E-state index contributed by atoms with van der Waals surface area (Å²) < 4.78 is 11.2. The lowest BCUT2D eigenvalue weighted by Crippen LogP contribution is -2.52. The molecule has 2 fully saturated rings. The van der Waals surface area contributed by atoms with E-state index >= 15 is 0 Å². The van der Waals surface area contributed by atoms with Gasteiger partial charge in [-0.1, -0.05) is 12.1 Å². The van der Waals surface area contributed by atoms with Crippen molar-refractivity contribution in [1.29, 1.82) is 0 Å². The average Bonchev–Trinajstić information content (AvgIpc) is 2.38. The molecule has 1 aromatic rings. The maximum absolute atomic E-state index is 5.99. The van der Waals surface area contributed by atoms with Crippen LogP contribution in [0.25, 0.3) is 0 Å². The summed E-state index contributed by atoms with van der Waals surface area (Å²) in [5, 5.41) is 0. The summed E-state index contributed by atoms with van der Waals surface area (Å²) in [6.45, 7) is 4.80. The standard InChI is InChI=1S/C15H22N2O2/c16-13-3-1-12(2-4-13)9-19-15-5-7-17(8-6-15)14-10-18-11-14/h1-4,14-15H,5-11,16H2. The Hall–Kier alpha value is -1.10. The molecule has 2 aliphatic heterocycles. The SMILES string of the molecule is Nc1ccc(COC2CCN(C3COC3)CC2)cc1. The van der Waals surface area contributed by atoms with Crippen molar-refractivity contribution in [3.8, 4) is 0 Å². The minimum absolute atomic E-state index is 0.398. The second-order valence-electron chi connectivity index (χ2n) is 5.48. The molecule has 19 heavy (non-hydrogen) atoms.